The van der Waals surface area contributed by atoms with Crippen LogP contribution in [0, 0.1) is 5.82 Å². The van der Waals surface area contributed by atoms with Crippen molar-refractivity contribution in [1.29, 1.82) is 0 Å². The molecule has 1 aliphatic rings. The number of halogens is 1. The molecule has 2 aromatic carbocycles. The first-order valence-corrected chi connectivity index (χ1v) is 6.79. The van der Waals surface area contributed by atoms with E-state index in [0.29, 0.717) is 5.56 Å². The summed E-state index contributed by atoms with van der Waals surface area (Å²) in [6.45, 7) is 0. The standard InChI is InChI=1S/C17H18FN/c18-15-10-5-4-9-14(15)16(19)17(11-6-12-17)13-7-2-1-3-8-13/h1-5,7-10,16H,6,11-12,19H2. The van der Waals surface area contributed by atoms with Crippen molar-refractivity contribution >= 4 is 0 Å². The molecule has 0 heterocycles. The highest BCUT2D eigenvalue weighted by Gasteiger charge is 2.45. The van der Waals surface area contributed by atoms with Gasteiger partial charge >= 0.3 is 0 Å². The average molecular weight is 255 g/mol. The Morgan fingerprint density at radius 2 is 1.58 bits per heavy atom. The Balaban J connectivity index is 2.02. The maximum Gasteiger partial charge on any atom is 0.128 e. The van der Waals surface area contributed by atoms with Gasteiger partial charge in [0.15, 0.2) is 0 Å². The minimum atomic E-state index is -0.273. The summed E-state index contributed by atoms with van der Waals surface area (Å²) in [5.41, 5.74) is 8.20. The van der Waals surface area contributed by atoms with Gasteiger partial charge in [-0.1, -0.05) is 55.0 Å². The highest BCUT2D eigenvalue weighted by molar-refractivity contribution is 5.35. The van der Waals surface area contributed by atoms with Crippen LogP contribution < -0.4 is 5.73 Å². The molecule has 0 aromatic heterocycles. The van der Waals surface area contributed by atoms with Crippen molar-refractivity contribution in [3.8, 4) is 0 Å². The SMILES string of the molecule is NC(c1ccccc1F)C1(c2ccccc2)CCC1. The van der Waals surface area contributed by atoms with Gasteiger partial charge in [-0.25, -0.2) is 4.39 Å². The predicted octanol–water partition coefficient (Wildman–Crippen LogP) is 3.95. The molecule has 1 aliphatic carbocycles. The molecule has 1 atom stereocenters. The van der Waals surface area contributed by atoms with Crippen LogP contribution in [0.15, 0.2) is 54.6 Å². The summed E-state index contributed by atoms with van der Waals surface area (Å²) in [5.74, 6) is -0.197. The Morgan fingerprint density at radius 1 is 0.947 bits per heavy atom. The molecule has 0 bridgehead atoms. The van der Waals surface area contributed by atoms with Gasteiger partial charge in [0.25, 0.3) is 0 Å². The van der Waals surface area contributed by atoms with Gasteiger partial charge in [-0.2, -0.15) is 0 Å². The lowest BCUT2D eigenvalue weighted by Gasteiger charge is -2.47. The summed E-state index contributed by atoms with van der Waals surface area (Å²) in [6, 6.07) is 16.9. The third-order valence-corrected chi connectivity index (χ3v) is 4.43. The summed E-state index contributed by atoms with van der Waals surface area (Å²) < 4.78 is 14.0. The third kappa shape index (κ3) is 1.96. The van der Waals surface area contributed by atoms with Crippen molar-refractivity contribution in [3.63, 3.8) is 0 Å². The lowest BCUT2D eigenvalue weighted by Crippen LogP contribution is -2.44. The van der Waals surface area contributed by atoms with E-state index in [2.05, 4.69) is 12.1 Å². The second kappa shape index (κ2) is 4.78. The second-order valence-corrected chi connectivity index (χ2v) is 5.37. The molecule has 0 spiro atoms. The summed E-state index contributed by atoms with van der Waals surface area (Å²) in [7, 11) is 0. The number of hydrogen-bond acceptors (Lipinski definition) is 1. The van der Waals surface area contributed by atoms with Crippen LogP contribution in [0.3, 0.4) is 0 Å². The monoisotopic (exact) mass is 255 g/mol. The molecule has 3 rings (SSSR count). The molecule has 2 N–H and O–H groups in total. The van der Waals surface area contributed by atoms with Gasteiger partial charge in [-0.3, -0.25) is 0 Å². The molecule has 1 fully saturated rings. The first-order chi connectivity index (χ1) is 9.24. The topological polar surface area (TPSA) is 26.0 Å². The van der Waals surface area contributed by atoms with Crippen LogP contribution in [0.5, 0.6) is 0 Å². The zero-order valence-electron chi connectivity index (χ0n) is 10.9. The molecular formula is C17H18FN. The fourth-order valence-electron chi connectivity index (χ4n) is 3.13. The Morgan fingerprint density at radius 3 is 2.16 bits per heavy atom. The van der Waals surface area contributed by atoms with E-state index < -0.39 is 0 Å². The lowest BCUT2D eigenvalue weighted by molar-refractivity contribution is 0.193. The van der Waals surface area contributed by atoms with Crippen molar-refractivity contribution in [3.05, 3.63) is 71.5 Å². The van der Waals surface area contributed by atoms with E-state index in [1.165, 1.54) is 11.6 Å². The highest BCUT2D eigenvalue weighted by Crippen LogP contribution is 2.51. The summed E-state index contributed by atoms with van der Waals surface area (Å²) in [5, 5.41) is 0. The zero-order chi connectivity index (χ0) is 13.3. The van der Waals surface area contributed by atoms with Crippen LogP contribution in [0.2, 0.25) is 0 Å². The van der Waals surface area contributed by atoms with Crippen LogP contribution in [-0.2, 0) is 5.41 Å². The van der Waals surface area contributed by atoms with E-state index in [9.17, 15) is 4.39 Å². The fraction of sp³-hybridized carbons (Fsp3) is 0.294. The van der Waals surface area contributed by atoms with Gasteiger partial charge in [-0.05, 0) is 24.5 Å². The van der Waals surface area contributed by atoms with Gasteiger partial charge in [0.2, 0.25) is 0 Å². The Bertz CT molecular complexity index is 560. The summed E-state index contributed by atoms with van der Waals surface area (Å²) in [4.78, 5) is 0. The molecule has 98 valence electrons. The first-order valence-electron chi connectivity index (χ1n) is 6.79. The van der Waals surface area contributed by atoms with Crippen LogP contribution >= 0.6 is 0 Å². The fourth-order valence-corrected chi connectivity index (χ4v) is 3.13. The largest absolute Gasteiger partial charge is 0.323 e. The van der Waals surface area contributed by atoms with Crippen LogP contribution in [-0.4, -0.2) is 0 Å². The van der Waals surface area contributed by atoms with Crippen molar-refractivity contribution in [2.45, 2.75) is 30.7 Å². The molecule has 2 heteroatoms. The van der Waals surface area contributed by atoms with Gasteiger partial charge in [0, 0.05) is 17.0 Å². The smallest absolute Gasteiger partial charge is 0.128 e. The molecule has 1 unspecified atom stereocenters. The molecule has 1 nitrogen and oxygen atoms in total. The average Bonchev–Trinajstić information content (AvgIpc) is 2.39. The molecule has 2 aromatic rings. The minimum absolute atomic E-state index is 0.0938. The molecule has 0 amide bonds. The minimum Gasteiger partial charge on any atom is -0.323 e. The molecule has 0 aliphatic heterocycles. The van der Waals surface area contributed by atoms with Gasteiger partial charge < -0.3 is 5.73 Å². The number of rotatable bonds is 3. The second-order valence-electron chi connectivity index (χ2n) is 5.37. The van der Waals surface area contributed by atoms with E-state index in [1.807, 2.05) is 30.3 Å². The number of benzene rings is 2. The third-order valence-electron chi connectivity index (χ3n) is 4.43. The summed E-state index contributed by atoms with van der Waals surface area (Å²) >= 11 is 0. The molecular weight excluding hydrogens is 237 g/mol. The Kier molecular flexibility index (Phi) is 3.11. The predicted molar refractivity (Wildman–Crippen MR) is 75.3 cm³/mol. The van der Waals surface area contributed by atoms with Crippen LogP contribution in [0.4, 0.5) is 4.39 Å². The van der Waals surface area contributed by atoms with Crippen molar-refractivity contribution in [2.75, 3.05) is 0 Å². The number of hydrogen-bond donors (Lipinski definition) is 1. The Hall–Kier alpha value is -1.67. The van der Waals surface area contributed by atoms with E-state index in [-0.39, 0.29) is 17.3 Å². The maximum atomic E-state index is 14.0. The number of nitrogens with two attached hydrogens (primary N) is 1. The molecule has 19 heavy (non-hydrogen) atoms. The van der Waals surface area contributed by atoms with Gasteiger partial charge in [-0.15, -0.1) is 0 Å². The molecule has 0 radical (unpaired) electrons. The van der Waals surface area contributed by atoms with Crippen molar-refractivity contribution < 1.29 is 4.39 Å². The van der Waals surface area contributed by atoms with E-state index in [4.69, 9.17) is 5.73 Å². The first kappa shape index (κ1) is 12.4. The van der Waals surface area contributed by atoms with Crippen LogP contribution in [0.1, 0.15) is 36.4 Å². The van der Waals surface area contributed by atoms with Crippen molar-refractivity contribution in [2.24, 2.45) is 5.73 Å². The van der Waals surface area contributed by atoms with Crippen LogP contribution in [0.25, 0.3) is 0 Å². The van der Waals surface area contributed by atoms with Gasteiger partial charge in [0.05, 0.1) is 0 Å². The Labute approximate surface area is 113 Å². The zero-order valence-corrected chi connectivity index (χ0v) is 10.9. The quantitative estimate of drug-likeness (QED) is 0.883. The van der Waals surface area contributed by atoms with Crippen molar-refractivity contribution in [1.82, 2.24) is 0 Å². The molecule has 1 saturated carbocycles. The van der Waals surface area contributed by atoms with E-state index in [1.54, 1.807) is 6.07 Å². The highest BCUT2D eigenvalue weighted by atomic mass is 19.1. The lowest BCUT2D eigenvalue weighted by atomic mass is 9.59. The van der Waals surface area contributed by atoms with Gasteiger partial charge in [0.1, 0.15) is 5.82 Å². The summed E-state index contributed by atoms with van der Waals surface area (Å²) in [6.07, 6.45) is 3.23. The normalized spacial score (nSPS) is 18.6. The maximum absolute atomic E-state index is 14.0. The molecule has 0 saturated heterocycles. The van der Waals surface area contributed by atoms with E-state index in [0.717, 1.165) is 19.3 Å². The van der Waals surface area contributed by atoms with E-state index >= 15 is 0 Å².